The van der Waals surface area contributed by atoms with Crippen molar-refractivity contribution in [1.29, 1.82) is 0 Å². The first-order valence-corrected chi connectivity index (χ1v) is 7.61. The smallest absolute Gasteiger partial charge is 0.211 e. The van der Waals surface area contributed by atoms with Crippen molar-refractivity contribution in [3.05, 3.63) is 66.5 Å². The molecule has 0 atom stereocenters. The van der Waals surface area contributed by atoms with E-state index in [-0.39, 0.29) is 5.75 Å². The number of nitrogens with zero attached hydrogens (tertiary/aromatic N) is 2. The van der Waals surface area contributed by atoms with Gasteiger partial charge in [-0.1, -0.05) is 36.4 Å². The molecule has 0 aliphatic rings. The number of aromatic nitrogens is 2. The van der Waals surface area contributed by atoms with Gasteiger partial charge < -0.3 is 15.0 Å². The number of carbonyl (C=O) groups excluding carboxylic acids is 1. The first-order valence-electron chi connectivity index (χ1n) is 7.61. The maximum Gasteiger partial charge on any atom is 0.211 e. The molecule has 0 aliphatic carbocycles. The molecule has 118 valence electrons. The highest BCUT2D eigenvalue weighted by Crippen LogP contribution is 2.38. The van der Waals surface area contributed by atoms with E-state index in [0.717, 1.165) is 22.0 Å². The van der Waals surface area contributed by atoms with Crippen LogP contribution < -0.4 is 5.32 Å². The Morgan fingerprint density at radius 2 is 1.83 bits per heavy atom. The minimum absolute atomic E-state index is 0.101. The van der Waals surface area contributed by atoms with E-state index in [0.29, 0.717) is 24.0 Å². The molecule has 4 rings (SSSR count). The molecule has 2 aromatic carbocycles. The maximum atomic E-state index is 10.9. The third-order valence-electron chi connectivity index (χ3n) is 4.18. The van der Waals surface area contributed by atoms with Gasteiger partial charge in [-0.2, -0.15) is 0 Å². The van der Waals surface area contributed by atoms with Crippen molar-refractivity contribution >= 4 is 33.9 Å². The Kier molecular flexibility index (Phi) is 3.39. The largest absolute Gasteiger partial charge is 0.506 e. The molecule has 2 heterocycles. The van der Waals surface area contributed by atoms with Crippen LogP contribution in [-0.4, -0.2) is 21.1 Å². The quantitative estimate of drug-likeness (QED) is 0.566. The standard InChI is InChI=1S/C19H15N3O2/c23-12-21-14-7-4-8-15-18(14)19-16(9-20-10-17(19)24)22(15)11-13-5-2-1-3-6-13/h1-10,12,24H,11H2,(H,21,23). The molecule has 5 heteroatoms. The minimum atomic E-state index is 0.101. The number of pyridine rings is 1. The van der Waals surface area contributed by atoms with Crippen LogP contribution in [0.15, 0.2) is 60.9 Å². The van der Waals surface area contributed by atoms with Crippen molar-refractivity contribution in [2.75, 3.05) is 5.32 Å². The van der Waals surface area contributed by atoms with E-state index < -0.39 is 0 Å². The summed E-state index contributed by atoms with van der Waals surface area (Å²) in [6.07, 6.45) is 3.81. The van der Waals surface area contributed by atoms with Gasteiger partial charge in [0.05, 0.1) is 34.5 Å². The molecule has 1 amide bonds. The Bertz CT molecular complexity index is 1040. The number of benzene rings is 2. The predicted octanol–water partition coefficient (Wildman–Crippen LogP) is 3.51. The normalized spacial score (nSPS) is 11.0. The maximum absolute atomic E-state index is 10.9. The second kappa shape index (κ2) is 5.70. The van der Waals surface area contributed by atoms with Gasteiger partial charge in [0, 0.05) is 11.9 Å². The highest BCUT2D eigenvalue weighted by Gasteiger charge is 2.17. The number of nitrogens with one attached hydrogen (secondary N) is 1. The van der Waals surface area contributed by atoms with Crippen molar-refractivity contribution < 1.29 is 9.90 Å². The summed E-state index contributed by atoms with van der Waals surface area (Å²) in [7, 11) is 0. The van der Waals surface area contributed by atoms with Crippen molar-refractivity contribution in [1.82, 2.24) is 9.55 Å². The van der Waals surface area contributed by atoms with E-state index in [9.17, 15) is 9.90 Å². The first-order chi connectivity index (χ1) is 11.8. The third kappa shape index (κ3) is 2.18. The molecule has 0 unspecified atom stereocenters. The fraction of sp³-hybridized carbons (Fsp3) is 0.0526. The van der Waals surface area contributed by atoms with Crippen LogP contribution >= 0.6 is 0 Å². The monoisotopic (exact) mass is 317 g/mol. The Balaban J connectivity index is 2.06. The van der Waals surface area contributed by atoms with Gasteiger partial charge in [-0.05, 0) is 17.7 Å². The van der Waals surface area contributed by atoms with Crippen LogP contribution in [0.5, 0.6) is 5.75 Å². The minimum Gasteiger partial charge on any atom is -0.506 e. The van der Waals surface area contributed by atoms with Gasteiger partial charge in [-0.3, -0.25) is 9.78 Å². The van der Waals surface area contributed by atoms with Gasteiger partial charge in [0.2, 0.25) is 6.41 Å². The van der Waals surface area contributed by atoms with Crippen molar-refractivity contribution in [2.45, 2.75) is 6.54 Å². The van der Waals surface area contributed by atoms with E-state index >= 15 is 0 Å². The molecule has 0 spiro atoms. The van der Waals surface area contributed by atoms with Gasteiger partial charge >= 0.3 is 0 Å². The Morgan fingerprint density at radius 3 is 2.62 bits per heavy atom. The molecule has 2 aromatic heterocycles. The van der Waals surface area contributed by atoms with Crippen molar-refractivity contribution in [2.24, 2.45) is 0 Å². The lowest BCUT2D eigenvalue weighted by Crippen LogP contribution is -1.99. The van der Waals surface area contributed by atoms with Crippen molar-refractivity contribution in [3.8, 4) is 5.75 Å². The molecule has 24 heavy (non-hydrogen) atoms. The van der Waals surface area contributed by atoms with Gasteiger partial charge in [0.15, 0.2) is 0 Å². The molecule has 4 aromatic rings. The molecule has 2 N–H and O–H groups in total. The van der Waals surface area contributed by atoms with Crippen LogP contribution in [0.2, 0.25) is 0 Å². The van der Waals surface area contributed by atoms with Gasteiger partial charge in [0.1, 0.15) is 5.75 Å². The summed E-state index contributed by atoms with van der Waals surface area (Å²) >= 11 is 0. The van der Waals surface area contributed by atoms with E-state index in [1.807, 2.05) is 36.4 Å². The first kappa shape index (κ1) is 14.3. The van der Waals surface area contributed by atoms with E-state index in [2.05, 4.69) is 27.0 Å². The lowest BCUT2D eigenvalue weighted by atomic mass is 10.1. The second-order valence-electron chi connectivity index (χ2n) is 5.59. The molecule has 0 saturated carbocycles. The molecular weight excluding hydrogens is 302 g/mol. The number of amides is 1. The number of carbonyl (C=O) groups is 1. The van der Waals surface area contributed by atoms with Crippen LogP contribution in [0.3, 0.4) is 0 Å². The molecule has 0 radical (unpaired) electrons. The summed E-state index contributed by atoms with van der Waals surface area (Å²) < 4.78 is 2.10. The predicted molar refractivity (Wildman–Crippen MR) is 94.1 cm³/mol. The van der Waals surface area contributed by atoms with Crippen LogP contribution in [0, 0.1) is 0 Å². The average Bonchev–Trinajstić information content (AvgIpc) is 2.93. The number of fused-ring (bicyclic) bond motifs is 3. The van der Waals surface area contributed by atoms with Gasteiger partial charge in [-0.25, -0.2) is 0 Å². The third-order valence-corrected chi connectivity index (χ3v) is 4.18. The fourth-order valence-electron chi connectivity index (χ4n) is 3.18. The lowest BCUT2D eigenvalue weighted by Gasteiger charge is -2.08. The number of rotatable bonds is 4. The van der Waals surface area contributed by atoms with Crippen LogP contribution in [-0.2, 0) is 11.3 Å². The summed E-state index contributed by atoms with van der Waals surface area (Å²) in [5, 5.41) is 14.6. The zero-order valence-electron chi connectivity index (χ0n) is 12.8. The molecule has 5 nitrogen and oxygen atoms in total. The summed E-state index contributed by atoms with van der Waals surface area (Å²) in [5.41, 5.74) is 3.58. The number of hydrogen-bond donors (Lipinski definition) is 2. The molecular formula is C19H15N3O2. The van der Waals surface area contributed by atoms with E-state index in [1.165, 1.54) is 6.20 Å². The lowest BCUT2D eigenvalue weighted by molar-refractivity contribution is -0.105. The zero-order valence-corrected chi connectivity index (χ0v) is 12.8. The summed E-state index contributed by atoms with van der Waals surface area (Å²) in [6.45, 7) is 0.649. The fourth-order valence-corrected chi connectivity index (χ4v) is 3.18. The molecule has 0 fully saturated rings. The summed E-state index contributed by atoms with van der Waals surface area (Å²) in [6, 6.07) is 15.8. The van der Waals surface area contributed by atoms with Crippen LogP contribution in [0.25, 0.3) is 21.8 Å². The highest BCUT2D eigenvalue weighted by atomic mass is 16.3. The van der Waals surface area contributed by atoms with E-state index in [1.54, 1.807) is 6.20 Å². The van der Waals surface area contributed by atoms with Gasteiger partial charge in [0.25, 0.3) is 0 Å². The topological polar surface area (TPSA) is 67.2 Å². The molecule has 0 aliphatic heterocycles. The zero-order chi connectivity index (χ0) is 16.5. The van der Waals surface area contributed by atoms with Crippen LogP contribution in [0.1, 0.15) is 5.56 Å². The summed E-state index contributed by atoms with van der Waals surface area (Å²) in [4.78, 5) is 15.1. The van der Waals surface area contributed by atoms with Crippen LogP contribution in [0.4, 0.5) is 5.69 Å². The van der Waals surface area contributed by atoms with Crippen molar-refractivity contribution in [3.63, 3.8) is 0 Å². The second-order valence-corrected chi connectivity index (χ2v) is 5.59. The number of aromatic hydroxyl groups is 1. The number of hydrogen-bond acceptors (Lipinski definition) is 3. The average molecular weight is 317 g/mol. The van der Waals surface area contributed by atoms with Gasteiger partial charge in [-0.15, -0.1) is 0 Å². The molecule has 0 bridgehead atoms. The van der Waals surface area contributed by atoms with E-state index in [4.69, 9.17) is 0 Å². The highest BCUT2D eigenvalue weighted by molar-refractivity contribution is 6.17. The Morgan fingerprint density at radius 1 is 1.00 bits per heavy atom. The Labute approximate surface area is 138 Å². The SMILES string of the molecule is O=CNc1cccc2c1c1c(O)cncc1n2Cc1ccccc1. The number of anilines is 1. The Hall–Kier alpha value is -3.34. The summed E-state index contributed by atoms with van der Waals surface area (Å²) in [5.74, 6) is 0.101. The molecule has 0 saturated heterocycles.